The molecular weight excluding hydrogens is 804 g/mol. The summed E-state index contributed by atoms with van der Waals surface area (Å²) >= 11 is 0. The lowest BCUT2D eigenvalue weighted by molar-refractivity contribution is -0.116. The maximum Gasteiger partial charge on any atom is 0.252 e. The molecule has 0 fully saturated rings. The SMILES string of the molecule is CC(=O)N(CC(O)CN(C=O)c1c(C)c(C(=O)NCC(O)CO)c(C)c(C(=O)NCC(O)CO)c1C)c1c(C)c(C(=O)NCC(O)CO)c(C)c(C(=O)NCC(O)CO)c1C. The van der Waals surface area contributed by atoms with Gasteiger partial charge < -0.3 is 77.0 Å². The third kappa shape index (κ3) is 13.0. The van der Waals surface area contributed by atoms with Crippen molar-refractivity contribution in [2.75, 3.05) is 75.5 Å². The highest BCUT2D eigenvalue weighted by Crippen LogP contribution is 2.36. The van der Waals surface area contributed by atoms with Crippen molar-refractivity contribution in [3.05, 3.63) is 55.6 Å². The highest BCUT2D eigenvalue weighted by molar-refractivity contribution is 6.09. The number of hydrogen-bond acceptors (Lipinski definition) is 15. The highest BCUT2D eigenvalue weighted by Gasteiger charge is 2.32. The van der Waals surface area contributed by atoms with E-state index >= 15 is 0 Å². The lowest BCUT2D eigenvalue weighted by atomic mass is 9.89. The van der Waals surface area contributed by atoms with Crippen molar-refractivity contribution in [1.82, 2.24) is 21.3 Å². The van der Waals surface area contributed by atoms with E-state index in [1.54, 1.807) is 0 Å². The summed E-state index contributed by atoms with van der Waals surface area (Å²) in [4.78, 5) is 82.8. The van der Waals surface area contributed by atoms with Gasteiger partial charge in [0.15, 0.2) is 0 Å². The van der Waals surface area contributed by atoms with Gasteiger partial charge in [-0.25, -0.2) is 0 Å². The van der Waals surface area contributed by atoms with Crippen LogP contribution in [-0.2, 0) is 9.59 Å². The zero-order valence-electron chi connectivity index (χ0n) is 35.4. The number of carbonyl (C=O) groups is 6. The molecule has 0 saturated heterocycles. The molecule has 2 rings (SSSR count). The summed E-state index contributed by atoms with van der Waals surface area (Å²) < 4.78 is 0. The number of aliphatic hydroxyl groups excluding tert-OH is 9. The Kier molecular flexibility index (Phi) is 20.3. The molecule has 13 N–H and O–H groups in total. The molecule has 0 radical (unpaired) electrons. The molecule has 0 heterocycles. The van der Waals surface area contributed by atoms with Gasteiger partial charge in [-0.1, -0.05) is 0 Å². The van der Waals surface area contributed by atoms with Crippen LogP contribution in [0.4, 0.5) is 11.4 Å². The molecule has 0 aliphatic rings. The molecule has 5 unspecified atom stereocenters. The predicted octanol–water partition coefficient (Wildman–Crippen LogP) is -3.75. The Labute approximate surface area is 353 Å². The number of benzene rings is 2. The van der Waals surface area contributed by atoms with Gasteiger partial charge in [-0.15, -0.1) is 0 Å². The first-order chi connectivity index (χ1) is 28.6. The van der Waals surface area contributed by atoms with Gasteiger partial charge >= 0.3 is 0 Å². The van der Waals surface area contributed by atoms with Crippen LogP contribution in [0.1, 0.15) is 81.7 Å². The van der Waals surface area contributed by atoms with E-state index in [-0.39, 0.29) is 93.2 Å². The van der Waals surface area contributed by atoms with Crippen molar-refractivity contribution in [3.8, 4) is 0 Å². The van der Waals surface area contributed by atoms with Crippen LogP contribution >= 0.6 is 0 Å². The van der Waals surface area contributed by atoms with Crippen LogP contribution in [0.5, 0.6) is 0 Å². The van der Waals surface area contributed by atoms with Gasteiger partial charge in [0.1, 0.15) is 0 Å². The number of rotatable bonds is 23. The topological polar surface area (TPSA) is 339 Å². The standard InChI is InChI=1S/C40H60N6O15/c1-19-31(37(58)41-8-26(53)14-47)21(3)35(22(4)32(19)38(59)42-9-27(54)15-48)45(18-51)12-30(57)13-46(25(7)52)36-23(5)33(39(60)43-10-28(55)16-49)20(2)34(24(36)6)40(61)44-11-29(56)17-50/h18,26-30,47-50,53-57H,8-17H2,1-7H3,(H,41,58)(H,42,59)(H,43,60)(H,44,61). The van der Waals surface area contributed by atoms with Gasteiger partial charge in [-0.05, 0) is 74.9 Å². The van der Waals surface area contributed by atoms with Crippen molar-refractivity contribution in [2.45, 2.75) is 79.0 Å². The highest BCUT2D eigenvalue weighted by atomic mass is 16.3. The maximum atomic E-state index is 13.6. The lowest BCUT2D eigenvalue weighted by Crippen LogP contribution is -2.44. The largest absolute Gasteiger partial charge is 0.394 e. The second-order valence-electron chi connectivity index (χ2n) is 14.7. The minimum Gasteiger partial charge on any atom is -0.394 e. The lowest BCUT2D eigenvalue weighted by Gasteiger charge is -2.32. The number of nitrogens with zero attached hydrogens (tertiary/aromatic N) is 2. The molecule has 5 atom stereocenters. The zero-order chi connectivity index (χ0) is 46.5. The molecule has 21 nitrogen and oxygen atoms in total. The maximum absolute atomic E-state index is 13.6. The Hall–Kier alpha value is -5.10. The second-order valence-corrected chi connectivity index (χ2v) is 14.7. The van der Waals surface area contributed by atoms with Crippen LogP contribution in [0.2, 0.25) is 0 Å². The molecule has 340 valence electrons. The molecule has 2 aromatic rings. The van der Waals surface area contributed by atoms with Crippen LogP contribution in [0.3, 0.4) is 0 Å². The number of anilines is 2. The predicted molar refractivity (Wildman–Crippen MR) is 220 cm³/mol. The van der Waals surface area contributed by atoms with E-state index in [9.17, 15) is 74.7 Å². The summed E-state index contributed by atoms with van der Waals surface area (Å²) in [7, 11) is 0. The zero-order valence-corrected chi connectivity index (χ0v) is 35.4. The van der Waals surface area contributed by atoms with E-state index in [0.717, 1.165) is 16.7 Å². The Morgan fingerprint density at radius 1 is 0.475 bits per heavy atom. The van der Waals surface area contributed by atoms with Crippen LogP contribution in [-0.4, -0.2) is 178 Å². The van der Waals surface area contributed by atoms with E-state index in [1.165, 1.54) is 41.5 Å². The van der Waals surface area contributed by atoms with Crippen molar-refractivity contribution >= 4 is 47.3 Å². The minimum atomic E-state index is -1.60. The first kappa shape index (κ1) is 52.0. The molecule has 0 aliphatic heterocycles. The van der Waals surface area contributed by atoms with Crippen LogP contribution in [0.15, 0.2) is 0 Å². The molecule has 21 heteroatoms. The van der Waals surface area contributed by atoms with Crippen molar-refractivity contribution < 1.29 is 74.7 Å². The van der Waals surface area contributed by atoms with E-state index < -0.39 is 99.6 Å². The van der Waals surface area contributed by atoms with Gasteiger partial charge in [-0.3, -0.25) is 28.8 Å². The van der Waals surface area contributed by atoms with E-state index in [2.05, 4.69) is 21.3 Å². The van der Waals surface area contributed by atoms with Crippen LogP contribution < -0.4 is 31.1 Å². The normalized spacial score (nSPS) is 13.6. The molecular formula is C40H60N6O15. The van der Waals surface area contributed by atoms with Gasteiger partial charge in [-0.2, -0.15) is 0 Å². The van der Waals surface area contributed by atoms with Gasteiger partial charge in [0.2, 0.25) is 12.3 Å². The number of hydrogen-bond donors (Lipinski definition) is 13. The molecule has 0 spiro atoms. The second kappa shape index (κ2) is 23.8. The Balaban J connectivity index is 2.79. The van der Waals surface area contributed by atoms with Crippen molar-refractivity contribution in [1.29, 1.82) is 0 Å². The molecule has 0 aliphatic carbocycles. The van der Waals surface area contributed by atoms with E-state index in [1.807, 2.05) is 0 Å². The average molecular weight is 865 g/mol. The van der Waals surface area contributed by atoms with Crippen LogP contribution in [0, 0.1) is 41.5 Å². The smallest absolute Gasteiger partial charge is 0.252 e. The fourth-order valence-electron chi connectivity index (χ4n) is 7.12. The molecule has 2 aromatic carbocycles. The molecule has 0 aromatic heterocycles. The molecule has 61 heavy (non-hydrogen) atoms. The number of carbonyl (C=O) groups excluding carboxylic acids is 6. The van der Waals surface area contributed by atoms with Crippen molar-refractivity contribution in [2.24, 2.45) is 0 Å². The fourth-order valence-corrected chi connectivity index (χ4v) is 7.12. The quantitative estimate of drug-likeness (QED) is 0.0478. The summed E-state index contributed by atoms with van der Waals surface area (Å²) in [5, 5.41) is 98.2. The first-order valence-corrected chi connectivity index (χ1v) is 19.4. The minimum absolute atomic E-state index is 0.00508. The Bertz CT molecular complexity index is 1820. The average Bonchev–Trinajstić information content (AvgIpc) is 3.21. The third-order valence-corrected chi connectivity index (χ3v) is 10.0. The van der Waals surface area contributed by atoms with Crippen LogP contribution in [0.25, 0.3) is 0 Å². The first-order valence-electron chi connectivity index (χ1n) is 19.4. The van der Waals surface area contributed by atoms with E-state index in [4.69, 9.17) is 0 Å². The summed E-state index contributed by atoms with van der Waals surface area (Å²) in [6.07, 6.45) is -6.56. The number of nitrogens with one attached hydrogen (secondary N) is 4. The summed E-state index contributed by atoms with van der Waals surface area (Å²) in [5.74, 6) is -3.82. The van der Waals surface area contributed by atoms with E-state index in [0.29, 0.717) is 6.41 Å². The molecule has 0 saturated carbocycles. The van der Waals surface area contributed by atoms with Gasteiger partial charge in [0, 0.05) is 55.4 Å². The monoisotopic (exact) mass is 864 g/mol. The summed E-state index contributed by atoms with van der Waals surface area (Å²) in [6.45, 7) is 4.73. The number of aliphatic hydroxyl groups is 9. The third-order valence-electron chi connectivity index (χ3n) is 10.0. The molecule has 0 bridgehead atoms. The van der Waals surface area contributed by atoms with Crippen molar-refractivity contribution in [3.63, 3.8) is 0 Å². The Morgan fingerprint density at radius 3 is 1.00 bits per heavy atom. The van der Waals surface area contributed by atoms with Gasteiger partial charge in [0.25, 0.3) is 23.6 Å². The Morgan fingerprint density at radius 2 is 0.754 bits per heavy atom. The fraction of sp³-hybridized carbons (Fsp3) is 0.550. The molecule has 6 amide bonds. The summed E-state index contributed by atoms with van der Waals surface area (Å²) in [6, 6.07) is 0. The van der Waals surface area contributed by atoms with Gasteiger partial charge in [0.05, 0.1) is 81.4 Å². The number of amides is 6. The summed E-state index contributed by atoms with van der Waals surface area (Å²) in [5.41, 5.74) is 0.607.